The fourth-order valence-electron chi connectivity index (χ4n) is 0.696. The predicted octanol–water partition coefficient (Wildman–Crippen LogP) is -0.458. The van der Waals surface area contributed by atoms with Crippen molar-refractivity contribution in [3.05, 3.63) is 5.82 Å². The first-order chi connectivity index (χ1) is 7.19. The minimum Gasteiger partial charge on any atom is -0.476 e. The molecule has 80 valence electrons. The van der Waals surface area contributed by atoms with Gasteiger partial charge in [0.1, 0.15) is 7.11 Å². The molecule has 1 amide bonds. The second-order valence-electron chi connectivity index (χ2n) is 2.11. The van der Waals surface area contributed by atoms with E-state index in [9.17, 15) is 9.59 Å². The lowest BCUT2D eigenvalue weighted by Crippen LogP contribution is -2.16. The van der Waals surface area contributed by atoms with Crippen LogP contribution in [0.25, 0.3) is 0 Å². The molecule has 0 fully saturated rings. The van der Waals surface area contributed by atoms with E-state index in [0.717, 1.165) is 11.5 Å². The van der Waals surface area contributed by atoms with Crippen molar-refractivity contribution in [1.82, 2.24) is 9.36 Å². The monoisotopic (exact) mass is 230 g/mol. The van der Waals surface area contributed by atoms with Crippen LogP contribution in [0.4, 0.5) is 5.13 Å². The Morgan fingerprint density at radius 3 is 3.00 bits per heavy atom. The van der Waals surface area contributed by atoms with Gasteiger partial charge < -0.3 is 15.3 Å². The molecule has 0 aliphatic carbocycles. The van der Waals surface area contributed by atoms with Gasteiger partial charge in [0.05, 0.1) is 0 Å². The summed E-state index contributed by atoms with van der Waals surface area (Å²) in [5.41, 5.74) is -0.423. The number of amides is 1. The second kappa shape index (κ2) is 5.00. The van der Waals surface area contributed by atoms with Crippen molar-refractivity contribution >= 4 is 34.8 Å². The highest BCUT2D eigenvalue weighted by Gasteiger charge is 2.19. The van der Waals surface area contributed by atoms with Gasteiger partial charge in [0, 0.05) is 11.5 Å². The van der Waals surface area contributed by atoms with Gasteiger partial charge in [0.25, 0.3) is 0 Å². The Balaban J connectivity index is 2.97. The topological polar surface area (TPSA) is 114 Å². The summed E-state index contributed by atoms with van der Waals surface area (Å²) in [6, 6.07) is 0. The molecule has 0 unspecified atom stereocenters. The van der Waals surface area contributed by atoms with Crippen LogP contribution in [0.1, 0.15) is 5.82 Å². The number of hydrogen-bond acceptors (Lipinski definition) is 7. The van der Waals surface area contributed by atoms with Crippen LogP contribution in [-0.2, 0) is 14.4 Å². The van der Waals surface area contributed by atoms with Crippen LogP contribution in [0.15, 0.2) is 5.16 Å². The number of carbonyl (C=O) groups excluding carboxylic acids is 1. The van der Waals surface area contributed by atoms with Gasteiger partial charge in [-0.25, -0.2) is 4.79 Å². The van der Waals surface area contributed by atoms with Crippen molar-refractivity contribution in [2.45, 2.75) is 0 Å². The number of aromatic nitrogens is 2. The first-order valence-electron chi connectivity index (χ1n) is 3.57. The van der Waals surface area contributed by atoms with Gasteiger partial charge in [0.15, 0.2) is 0 Å². The van der Waals surface area contributed by atoms with Crippen molar-refractivity contribution in [3.8, 4) is 0 Å². The molecule has 0 spiro atoms. The maximum atomic E-state index is 10.7. The van der Waals surface area contributed by atoms with E-state index in [1.807, 2.05) is 0 Å². The molecule has 0 saturated heterocycles. The third kappa shape index (κ3) is 2.71. The first-order valence-corrected chi connectivity index (χ1v) is 4.35. The largest absolute Gasteiger partial charge is 0.476 e. The van der Waals surface area contributed by atoms with Gasteiger partial charge in [-0.2, -0.15) is 9.36 Å². The average Bonchev–Trinajstić information content (AvgIpc) is 2.62. The SMILES string of the molecule is CON=C(C(=O)O)c1nsc(NC=O)n1. The molecule has 1 rings (SSSR count). The quantitative estimate of drug-likeness (QED) is 0.402. The van der Waals surface area contributed by atoms with Gasteiger partial charge in [-0.3, -0.25) is 4.79 Å². The van der Waals surface area contributed by atoms with E-state index in [-0.39, 0.29) is 11.0 Å². The highest BCUT2D eigenvalue weighted by Crippen LogP contribution is 2.10. The van der Waals surface area contributed by atoms with Crippen LogP contribution in [0.2, 0.25) is 0 Å². The van der Waals surface area contributed by atoms with Crippen molar-refractivity contribution in [2.24, 2.45) is 5.16 Å². The number of carboxylic acid groups (broad SMARTS) is 1. The molecular weight excluding hydrogens is 224 g/mol. The maximum absolute atomic E-state index is 10.7. The molecule has 9 heteroatoms. The first kappa shape index (κ1) is 11.0. The van der Waals surface area contributed by atoms with Gasteiger partial charge in [-0.05, 0) is 0 Å². The van der Waals surface area contributed by atoms with Crippen LogP contribution in [0.5, 0.6) is 0 Å². The van der Waals surface area contributed by atoms with E-state index >= 15 is 0 Å². The summed E-state index contributed by atoms with van der Waals surface area (Å²) in [5.74, 6) is -1.42. The number of carboxylic acids is 1. The molecule has 15 heavy (non-hydrogen) atoms. The molecule has 1 aromatic rings. The Bertz CT molecular complexity index is 402. The summed E-state index contributed by atoms with van der Waals surface area (Å²) in [7, 11) is 1.21. The number of rotatable bonds is 5. The van der Waals surface area contributed by atoms with Crippen LogP contribution >= 0.6 is 11.5 Å². The summed E-state index contributed by atoms with van der Waals surface area (Å²) in [5, 5.41) is 14.4. The van der Waals surface area contributed by atoms with Crippen LogP contribution in [-0.4, -0.2) is 39.7 Å². The van der Waals surface area contributed by atoms with E-state index in [0.29, 0.717) is 6.41 Å². The van der Waals surface area contributed by atoms with Gasteiger partial charge in [0.2, 0.25) is 23.1 Å². The van der Waals surface area contributed by atoms with Crippen LogP contribution in [0, 0.1) is 0 Å². The van der Waals surface area contributed by atoms with Gasteiger partial charge >= 0.3 is 5.97 Å². The minimum atomic E-state index is -1.31. The van der Waals surface area contributed by atoms with Crippen LogP contribution in [0.3, 0.4) is 0 Å². The van der Waals surface area contributed by atoms with E-state index in [2.05, 4.69) is 24.7 Å². The molecule has 0 aliphatic heterocycles. The Morgan fingerprint density at radius 2 is 2.47 bits per heavy atom. The Labute approximate surface area is 87.7 Å². The smallest absolute Gasteiger partial charge is 0.362 e. The Kier molecular flexibility index (Phi) is 3.68. The van der Waals surface area contributed by atoms with Crippen molar-refractivity contribution in [3.63, 3.8) is 0 Å². The standard InChI is InChI=1S/C6H6N4O4S/c1-14-9-3(5(12)13)4-8-6(7-2-11)15-10-4/h2H,1H3,(H,12,13)(H,7,8,10,11). The third-order valence-electron chi connectivity index (χ3n) is 1.21. The highest BCUT2D eigenvalue weighted by atomic mass is 32.1. The summed E-state index contributed by atoms with van der Waals surface area (Å²) in [6.07, 6.45) is 0.415. The summed E-state index contributed by atoms with van der Waals surface area (Å²) in [4.78, 5) is 28.8. The normalized spacial score (nSPS) is 10.9. The number of nitrogens with zero attached hydrogens (tertiary/aromatic N) is 3. The second-order valence-corrected chi connectivity index (χ2v) is 2.86. The molecular formula is C6H6N4O4S. The average molecular weight is 230 g/mol. The minimum absolute atomic E-state index is 0.112. The summed E-state index contributed by atoms with van der Waals surface area (Å²) < 4.78 is 3.69. The lowest BCUT2D eigenvalue weighted by Gasteiger charge is -1.93. The van der Waals surface area contributed by atoms with E-state index < -0.39 is 11.7 Å². The zero-order chi connectivity index (χ0) is 11.3. The maximum Gasteiger partial charge on any atom is 0.362 e. The summed E-state index contributed by atoms with van der Waals surface area (Å²) in [6.45, 7) is 0. The number of anilines is 1. The summed E-state index contributed by atoms with van der Waals surface area (Å²) >= 11 is 0.843. The molecule has 2 N–H and O–H groups in total. The highest BCUT2D eigenvalue weighted by molar-refractivity contribution is 7.10. The third-order valence-corrected chi connectivity index (χ3v) is 1.85. The molecule has 1 aromatic heterocycles. The van der Waals surface area contributed by atoms with E-state index in [1.54, 1.807) is 0 Å². The van der Waals surface area contributed by atoms with Gasteiger partial charge in [-0.15, -0.1) is 0 Å². The molecule has 8 nitrogen and oxygen atoms in total. The fraction of sp³-hybridized carbons (Fsp3) is 0.167. The van der Waals surface area contributed by atoms with Crippen molar-refractivity contribution < 1.29 is 19.5 Å². The number of nitrogens with one attached hydrogen (secondary N) is 1. The number of aliphatic carboxylic acids is 1. The zero-order valence-electron chi connectivity index (χ0n) is 7.50. The lowest BCUT2D eigenvalue weighted by molar-refractivity contribution is -0.129. The molecule has 0 radical (unpaired) electrons. The number of carbonyl (C=O) groups is 2. The van der Waals surface area contributed by atoms with Crippen molar-refractivity contribution in [1.29, 1.82) is 0 Å². The molecule has 0 bridgehead atoms. The molecule has 0 aliphatic rings. The Morgan fingerprint density at radius 1 is 1.73 bits per heavy atom. The number of oxime groups is 1. The zero-order valence-corrected chi connectivity index (χ0v) is 8.32. The van der Waals surface area contributed by atoms with Crippen LogP contribution < -0.4 is 5.32 Å². The molecule has 1 heterocycles. The van der Waals surface area contributed by atoms with Crippen molar-refractivity contribution in [2.75, 3.05) is 12.4 Å². The molecule has 0 atom stereocenters. The van der Waals surface area contributed by atoms with Gasteiger partial charge in [-0.1, -0.05) is 5.16 Å². The molecule has 0 aromatic carbocycles. The predicted molar refractivity (Wildman–Crippen MR) is 50.8 cm³/mol. The molecule has 0 saturated carbocycles. The lowest BCUT2D eigenvalue weighted by atomic mass is 10.4. The number of hydrogen-bond donors (Lipinski definition) is 2. The van der Waals surface area contributed by atoms with E-state index in [1.165, 1.54) is 7.11 Å². The Hall–Kier alpha value is -2.03. The van der Waals surface area contributed by atoms with E-state index in [4.69, 9.17) is 5.11 Å². The fourth-order valence-corrected chi connectivity index (χ4v) is 1.22.